The van der Waals surface area contributed by atoms with E-state index in [-0.39, 0.29) is 11.8 Å². The molecule has 0 unspecified atom stereocenters. The van der Waals surface area contributed by atoms with Gasteiger partial charge in [0, 0.05) is 25.2 Å². The topological polar surface area (TPSA) is 50.2 Å². The number of likely N-dealkylation sites (tertiary alicyclic amines) is 1. The molecule has 1 atom stereocenters. The predicted molar refractivity (Wildman–Crippen MR) is 112 cm³/mol. The molecule has 1 aliphatic heterocycles. The number of nitrogens with zero attached hydrogens (tertiary/aromatic N) is 3. The Balaban J connectivity index is 1.36. The third-order valence-corrected chi connectivity index (χ3v) is 5.75. The Morgan fingerprint density at radius 3 is 2.79 bits per heavy atom. The number of para-hydroxylation sites is 2. The van der Waals surface area contributed by atoms with Crippen molar-refractivity contribution in [1.82, 2.24) is 19.8 Å². The van der Waals surface area contributed by atoms with Crippen LogP contribution in [0.5, 0.6) is 0 Å². The number of piperidine rings is 1. The Hall–Kier alpha value is -2.37. The molecular weight excluding hydrogens is 372 g/mol. The fourth-order valence-electron chi connectivity index (χ4n) is 3.89. The summed E-state index contributed by atoms with van der Waals surface area (Å²) in [7, 11) is 2.06. The van der Waals surface area contributed by atoms with Crippen LogP contribution in [0, 0.1) is 5.92 Å². The van der Waals surface area contributed by atoms with Gasteiger partial charge >= 0.3 is 0 Å². The molecular formula is C22H25ClN4O. The number of benzene rings is 2. The van der Waals surface area contributed by atoms with E-state index < -0.39 is 0 Å². The number of imidazole rings is 1. The van der Waals surface area contributed by atoms with E-state index in [1.807, 2.05) is 42.5 Å². The number of nitrogens with one attached hydrogen (secondary N) is 1. The van der Waals surface area contributed by atoms with Gasteiger partial charge in [-0.05, 0) is 49.2 Å². The Labute approximate surface area is 170 Å². The van der Waals surface area contributed by atoms with E-state index in [4.69, 9.17) is 16.6 Å². The van der Waals surface area contributed by atoms with Gasteiger partial charge in [-0.3, -0.25) is 9.69 Å². The second-order valence-electron chi connectivity index (χ2n) is 7.49. The molecule has 1 amide bonds. The average molecular weight is 397 g/mol. The fourth-order valence-corrected chi connectivity index (χ4v) is 4.01. The monoisotopic (exact) mass is 396 g/mol. The van der Waals surface area contributed by atoms with Gasteiger partial charge in [0.1, 0.15) is 5.82 Å². The van der Waals surface area contributed by atoms with Gasteiger partial charge in [0.15, 0.2) is 0 Å². The first-order chi connectivity index (χ1) is 13.6. The molecule has 0 spiro atoms. The van der Waals surface area contributed by atoms with Gasteiger partial charge in [0.05, 0.1) is 23.5 Å². The summed E-state index contributed by atoms with van der Waals surface area (Å²) in [6.07, 6.45) is 1.97. The minimum atomic E-state index is 0.0238. The highest BCUT2D eigenvalue weighted by molar-refractivity contribution is 6.30. The first kappa shape index (κ1) is 19.0. The molecule has 0 radical (unpaired) electrons. The first-order valence-electron chi connectivity index (χ1n) is 9.75. The molecule has 2 aromatic carbocycles. The normalized spacial score (nSPS) is 17.7. The molecule has 5 nitrogen and oxygen atoms in total. The molecule has 1 fully saturated rings. The van der Waals surface area contributed by atoms with Gasteiger partial charge in [-0.1, -0.05) is 35.9 Å². The second kappa shape index (κ2) is 8.33. The molecule has 6 heteroatoms. The van der Waals surface area contributed by atoms with Crippen molar-refractivity contribution in [3.63, 3.8) is 0 Å². The summed E-state index contributed by atoms with van der Waals surface area (Å²) in [5.74, 6) is 1.20. The SMILES string of the molecule is Cn1c(CN2CCC[C@@H](C(=O)NCc3ccc(Cl)cc3)C2)nc2ccccc21. The molecule has 0 aliphatic carbocycles. The van der Waals surface area contributed by atoms with Crippen LogP contribution in [0.1, 0.15) is 24.2 Å². The third-order valence-electron chi connectivity index (χ3n) is 5.50. The molecule has 1 aromatic heterocycles. The van der Waals surface area contributed by atoms with E-state index in [9.17, 15) is 4.79 Å². The molecule has 2 heterocycles. The third kappa shape index (κ3) is 4.21. The van der Waals surface area contributed by atoms with E-state index in [0.717, 1.165) is 54.9 Å². The molecule has 1 N–H and O–H groups in total. The smallest absolute Gasteiger partial charge is 0.224 e. The number of aryl methyl sites for hydroxylation is 1. The highest BCUT2D eigenvalue weighted by Crippen LogP contribution is 2.21. The number of carbonyl (C=O) groups is 1. The van der Waals surface area contributed by atoms with E-state index in [1.165, 1.54) is 0 Å². The molecule has 28 heavy (non-hydrogen) atoms. The lowest BCUT2D eigenvalue weighted by Gasteiger charge is -2.31. The van der Waals surface area contributed by atoms with Crippen LogP contribution in [0.15, 0.2) is 48.5 Å². The van der Waals surface area contributed by atoms with Crippen LogP contribution < -0.4 is 5.32 Å². The van der Waals surface area contributed by atoms with Crippen LogP contribution in [-0.4, -0.2) is 33.4 Å². The van der Waals surface area contributed by atoms with Gasteiger partial charge < -0.3 is 9.88 Å². The Kier molecular flexibility index (Phi) is 5.64. The van der Waals surface area contributed by atoms with Crippen molar-refractivity contribution in [1.29, 1.82) is 0 Å². The zero-order valence-corrected chi connectivity index (χ0v) is 16.8. The summed E-state index contributed by atoms with van der Waals surface area (Å²) in [5, 5.41) is 3.78. The van der Waals surface area contributed by atoms with Gasteiger partial charge in [0.2, 0.25) is 5.91 Å². The van der Waals surface area contributed by atoms with Crippen LogP contribution >= 0.6 is 11.6 Å². The molecule has 3 aromatic rings. The molecule has 0 saturated carbocycles. The molecule has 4 rings (SSSR count). The summed E-state index contributed by atoms with van der Waals surface area (Å²) in [4.78, 5) is 19.8. The minimum absolute atomic E-state index is 0.0238. The molecule has 1 saturated heterocycles. The number of rotatable bonds is 5. The maximum absolute atomic E-state index is 12.7. The summed E-state index contributed by atoms with van der Waals surface area (Å²) < 4.78 is 2.15. The van der Waals surface area contributed by atoms with Crippen molar-refractivity contribution in [3.05, 3.63) is 64.9 Å². The summed E-state index contributed by atoms with van der Waals surface area (Å²) in [6, 6.07) is 15.8. The zero-order chi connectivity index (χ0) is 19.5. The molecule has 146 valence electrons. The van der Waals surface area contributed by atoms with E-state index in [2.05, 4.69) is 27.9 Å². The number of hydrogen-bond acceptors (Lipinski definition) is 3. The Morgan fingerprint density at radius 1 is 1.21 bits per heavy atom. The van der Waals surface area contributed by atoms with Gasteiger partial charge in [-0.2, -0.15) is 0 Å². The Morgan fingerprint density at radius 2 is 2.00 bits per heavy atom. The maximum atomic E-state index is 12.7. The van der Waals surface area contributed by atoms with E-state index >= 15 is 0 Å². The number of amides is 1. The fraction of sp³-hybridized carbons (Fsp3) is 0.364. The lowest BCUT2D eigenvalue weighted by atomic mass is 9.97. The highest BCUT2D eigenvalue weighted by atomic mass is 35.5. The van der Waals surface area contributed by atoms with Crippen molar-refractivity contribution in [3.8, 4) is 0 Å². The van der Waals surface area contributed by atoms with Crippen molar-refractivity contribution in [2.45, 2.75) is 25.9 Å². The lowest BCUT2D eigenvalue weighted by molar-refractivity contribution is -0.127. The lowest BCUT2D eigenvalue weighted by Crippen LogP contribution is -2.42. The van der Waals surface area contributed by atoms with Crippen molar-refractivity contribution in [2.24, 2.45) is 13.0 Å². The van der Waals surface area contributed by atoms with Gasteiger partial charge in [-0.15, -0.1) is 0 Å². The highest BCUT2D eigenvalue weighted by Gasteiger charge is 2.26. The maximum Gasteiger partial charge on any atom is 0.224 e. The van der Waals surface area contributed by atoms with Gasteiger partial charge in [-0.25, -0.2) is 4.98 Å². The van der Waals surface area contributed by atoms with Crippen LogP contribution in [0.4, 0.5) is 0 Å². The summed E-state index contributed by atoms with van der Waals surface area (Å²) in [6.45, 7) is 3.09. The van der Waals surface area contributed by atoms with E-state index in [1.54, 1.807) is 0 Å². The van der Waals surface area contributed by atoms with Crippen LogP contribution in [-0.2, 0) is 24.9 Å². The Bertz CT molecular complexity index is 966. The standard InChI is InChI=1S/C22H25ClN4O/c1-26-20-7-3-2-6-19(20)25-21(26)15-27-12-4-5-17(14-27)22(28)24-13-16-8-10-18(23)11-9-16/h2-3,6-11,17H,4-5,12-15H2,1H3,(H,24,28)/t17-/m1/s1. The quantitative estimate of drug-likeness (QED) is 0.714. The van der Waals surface area contributed by atoms with Crippen molar-refractivity contribution >= 4 is 28.5 Å². The molecule has 0 bridgehead atoms. The van der Waals surface area contributed by atoms with Gasteiger partial charge in [0.25, 0.3) is 0 Å². The largest absolute Gasteiger partial charge is 0.352 e. The average Bonchev–Trinajstić information content (AvgIpc) is 3.03. The molecule has 1 aliphatic rings. The number of hydrogen-bond donors (Lipinski definition) is 1. The zero-order valence-electron chi connectivity index (χ0n) is 16.1. The van der Waals surface area contributed by atoms with Crippen LogP contribution in [0.3, 0.4) is 0 Å². The number of aromatic nitrogens is 2. The first-order valence-corrected chi connectivity index (χ1v) is 10.1. The summed E-state index contributed by atoms with van der Waals surface area (Å²) in [5.41, 5.74) is 3.23. The second-order valence-corrected chi connectivity index (χ2v) is 7.93. The predicted octanol–water partition coefficient (Wildman–Crippen LogP) is 3.76. The van der Waals surface area contributed by atoms with Crippen molar-refractivity contribution in [2.75, 3.05) is 13.1 Å². The summed E-state index contributed by atoms with van der Waals surface area (Å²) >= 11 is 5.92. The number of fused-ring (bicyclic) bond motifs is 1. The van der Waals surface area contributed by atoms with E-state index in [0.29, 0.717) is 11.6 Å². The minimum Gasteiger partial charge on any atom is -0.352 e. The number of halogens is 1. The van der Waals surface area contributed by atoms with Crippen LogP contribution in [0.25, 0.3) is 11.0 Å². The van der Waals surface area contributed by atoms with Crippen molar-refractivity contribution < 1.29 is 4.79 Å². The van der Waals surface area contributed by atoms with Crippen LogP contribution in [0.2, 0.25) is 5.02 Å². The number of carbonyl (C=O) groups excluding carboxylic acids is 1.